The second-order valence-electron chi connectivity index (χ2n) is 7.36. The van der Waals surface area contributed by atoms with Crippen molar-refractivity contribution < 1.29 is 14.2 Å². The molecule has 0 bridgehead atoms. The van der Waals surface area contributed by atoms with Gasteiger partial charge in [-0.15, -0.1) is 0 Å². The number of ether oxygens (including phenoxy) is 3. The van der Waals surface area contributed by atoms with Gasteiger partial charge in [-0.2, -0.15) is 0 Å². The van der Waals surface area contributed by atoms with Gasteiger partial charge in [0.2, 0.25) is 0 Å². The van der Waals surface area contributed by atoms with Gasteiger partial charge in [-0.1, -0.05) is 42.5 Å². The van der Waals surface area contributed by atoms with E-state index in [0.29, 0.717) is 19.8 Å². The summed E-state index contributed by atoms with van der Waals surface area (Å²) in [7, 11) is 3.46. The molecule has 0 amide bonds. The first kappa shape index (κ1) is 24.7. The Labute approximate surface area is 187 Å². The van der Waals surface area contributed by atoms with Crippen LogP contribution in [-0.2, 0) is 22.4 Å². The average molecular weight is 428 g/mol. The van der Waals surface area contributed by atoms with Crippen LogP contribution in [0.1, 0.15) is 29.5 Å². The molecular weight excluding hydrogens is 390 g/mol. The molecule has 2 aromatic rings. The van der Waals surface area contributed by atoms with E-state index in [4.69, 9.17) is 14.2 Å². The number of rotatable bonds is 14. The molecule has 0 aromatic heterocycles. The van der Waals surface area contributed by atoms with Crippen molar-refractivity contribution in [3.63, 3.8) is 0 Å². The van der Waals surface area contributed by atoms with E-state index in [2.05, 4.69) is 65.0 Å². The highest BCUT2D eigenvalue weighted by molar-refractivity contribution is 5.79. The van der Waals surface area contributed by atoms with Gasteiger partial charge in [-0.3, -0.25) is 4.99 Å². The standard InChI is InChI=1S/C25H37N3O3/c1-21-11-12-23(24(19-21)31-18-17-29-3)20-28-25(26-2)27-14-7-8-15-30-16-13-22-9-5-4-6-10-22/h4-6,9-12,19H,7-8,13-18,20H2,1-3H3,(H2,26,27,28). The van der Waals surface area contributed by atoms with Crippen LogP contribution in [0.25, 0.3) is 0 Å². The molecule has 0 heterocycles. The van der Waals surface area contributed by atoms with Crippen LogP contribution in [0.2, 0.25) is 0 Å². The van der Waals surface area contributed by atoms with Crippen LogP contribution in [0.5, 0.6) is 5.75 Å². The second kappa shape index (κ2) is 15.3. The quantitative estimate of drug-likeness (QED) is 0.273. The maximum absolute atomic E-state index is 5.86. The summed E-state index contributed by atoms with van der Waals surface area (Å²) in [6.07, 6.45) is 3.02. The van der Waals surface area contributed by atoms with E-state index in [1.54, 1.807) is 14.2 Å². The molecular formula is C25H37N3O3. The molecule has 170 valence electrons. The Bertz CT molecular complexity index is 766. The topological polar surface area (TPSA) is 64.1 Å². The number of unbranched alkanes of at least 4 members (excludes halogenated alkanes) is 1. The SMILES string of the molecule is CN=C(NCCCCOCCc1ccccc1)NCc1ccc(C)cc1OCCOC. The lowest BCUT2D eigenvalue weighted by Crippen LogP contribution is -2.37. The minimum absolute atomic E-state index is 0.535. The summed E-state index contributed by atoms with van der Waals surface area (Å²) in [6, 6.07) is 16.7. The van der Waals surface area contributed by atoms with Gasteiger partial charge in [0, 0.05) is 39.4 Å². The van der Waals surface area contributed by atoms with Gasteiger partial charge in [0.1, 0.15) is 12.4 Å². The van der Waals surface area contributed by atoms with E-state index in [-0.39, 0.29) is 0 Å². The number of nitrogens with zero attached hydrogens (tertiary/aromatic N) is 1. The summed E-state index contributed by atoms with van der Waals surface area (Å²) in [6.45, 7) is 6.22. The van der Waals surface area contributed by atoms with Crippen LogP contribution in [-0.4, -0.2) is 53.1 Å². The Morgan fingerprint density at radius 3 is 2.55 bits per heavy atom. The first-order chi connectivity index (χ1) is 15.2. The van der Waals surface area contributed by atoms with Gasteiger partial charge in [0.15, 0.2) is 5.96 Å². The van der Waals surface area contributed by atoms with E-state index in [9.17, 15) is 0 Å². The number of hydrogen-bond donors (Lipinski definition) is 2. The monoisotopic (exact) mass is 427 g/mol. The van der Waals surface area contributed by atoms with Crippen LogP contribution in [0, 0.1) is 6.92 Å². The van der Waals surface area contributed by atoms with Crippen molar-refractivity contribution in [2.24, 2.45) is 4.99 Å². The van der Waals surface area contributed by atoms with Crippen molar-refractivity contribution in [3.05, 3.63) is 65.2 Å². The molecule has 2 aromatic carbocycles. The van der Waals surface area contributed by atoms with Crippen molar-refractivity contribution in [3.8, 4) is 5.75 Å². The highest BCUT2D eigenvalue weighted by Gasteiger charge is 2.06. The normalized spacial score (nSPS) is 11.4. The third-order valence-electron chi connectivity index (χ3n) is 4.82. The Morgan fingerprint density at radius 2 is 1.77 bits per heavy atom. The van der Waals surface area contributed by atoms with Crippen molar-refractivity contribution >= 4 is 5.96 Å². The third kappa shape index (κ3) is 10.3. The zero-order valence-corrected chi connectivity index (χ0v) is 19.2. The number of guanidine groups is 1. The fourth-order valence-corrected chi connectivity index (χ4v) is 3.05. The van der Waals surface area contributed by atoms with Gasteiger partial charge in [0.25, 0.3) is 0 Å². The molecule has 0 spiro atoms. The zero-order chi connectivity index (χ0) is 22.2. The highest BCUT2D eigenvalue weighted by Crippen LogP contribution is 2.20. The summed E-state index contributed by atoms with van der Waals surface area (Å²) in [5, 5.41) is 6.72. The van der Waals surface area contributed by atoms with E-state index in [1.807, 2.05) is 6.07 Å². The highest BCUT2D eigenvalue weighted by atomic mass is 16.5. The predicted octanol–water partition coefficient (Wildman–Crippen LogP) is 3.72. The molecule has 6 heteroatoms. The Kier molecular flexibility index (Phi) is 12.2. The maximum Gasteiger partial charge on any atom is 0.191 e. The van der Waals surface area contributed by atoms with Crippen molar-refractivity contribution in [1.82, 2.24) is 10.6 Å². The molecule has 2 N–H and O–H groups in total. The molecule has 31 heavy (non-hydrogen) atoms. The van der Waals surface area contributed by atoms with Gasteiger partial charge in [-0.05, 0) is 43.4 Å². The molecule has 0 fully saturated rings. The van der Waals surface area contributed by atoms with E-state index in [1.165, 1.54) is 11.1 Å². The lowest BCUT2D eigenvalue weighted by molar-refractivity contribution is 0.133. The lowest BCUT2D eigenvalue weighted by Gasteiger charge is -2.15. The molecule has 2 rings (SSSR count). The fraction of sp³-hybridized carbons (Fsp3) is 0.480. The van der Waals surface area contributed by atoms with Crippen molar-refractivity contribution in [2.45, 2.75) is 32.7 Å². The maximum atomic E-state index is 5.86. The van der Waals surface area contributed by atoms with Crippen LogP contribution < -0.4 is 15.4 Å². The number of nitrogens with one attached hydrogen (secondary N) is 2. The Morgan fingerprint density at radius 1 is 0.935 bits per heavy atom. The molecule has 0 radical (unpaired) electrons. The van der Waals surface area contributed by atoms with Crippen molar-refractivity contribution in [2.75, 3.05) is 47.1 Å². The minimum Gasteiger partial charge on any atom is -0.491 e. The number of aliphatic imine (C=N–C) groups is 1. The molecule has 6 nitrogen and oxygen atoms in total. The average Bonchev–Trinajstić information content (AvgIpc) is 2.79. The molecule has 0 aliphatic heterocycles. The summed E-state index contributed by atoms with van der Waals surface area (Å²) >= 11 is 0. The van der Waals surface area contributed by atoms with E-state index in [0.717, 1.165) is 56.3 Å². The van der Waals surface area contributed by atoms with Crippen LogP contribution >= 0.6 is 0 Å². The second-order valence-corrected chi connectivity index (χ2v) is 7.36. The summed E-state index contributed by atoms with van der Waals surface area (Å²) in [5.74, 6) is 1.67. The van der Waals surface area contributed by atoms with Gasteiger partial charge >= 0.3 is 0 Å². The molecule has 0 saturated heterocycles. The number of benzene rings is 2. The number of hydrogen-bond acceptors (Lipinski definition) is 4. The first-order valence-corrected chi connectivity index (χ1v) is 11.0. The van der Waals surface area contributed by atoms with Crippen LogP contribution in [0.4, 0.5) is 0 Å². The fourth-order valence-electron chi connectivity index (χ4n) is 3.05. The predicted molar refractivity (Wildman–Crippen MR) is 127 cm³/mol. The van der Waals surface area contributed by atoms with Crippen LogP contribution in [0.3, 0.4) is 0 Å². The largest absolute Gasteiger partial charge is 0.491 e. The molecule has 0 aliphatic rings. The minimum atomic E-state index is 0.535. The summed E-state index contributed by atoms with van der Waals surface area (Å²) in [5.41, 5.74) is 3.58. The lowest BCUT2D eigenvalue weighted by atomic mass is 10.1. The molecule has 0 unspecified atom stereocenters. The Hall–Kier alpha value is -2.57. The van der Waals surface area contributed by atoms with E-state index >= 15 is 0 Å². The summed E-state index contributed by atoms with van der Waals surface area (Å²) in [4.78, 5) is 4.31. The smallest absolute Gasteiger partial charge is 0.191 e. The number of aryl methyl sites for hydroxylation is 1. The summed E-state index contributed by atoms with van der Waals surface area (Å²) < 4.78 is 16.7. The van der Waals surface area contributed by atoms with Crippen molar-refractivity contribution in [1.29, 1.82) is 0 Å². The van der Waals surface area contributed by atoms with Gasteiger partial charge in [-0.25, -0.2) is 0 Å². The molecule has 0 atom stereocenters. The van der Waals surface area contributed by atoms with Gasteiger partial charge < -0.3 is 24.8 Å². The first-order valence-electron chi connectivity index (χ1n) is 11.0. The van der Waals surface area contributed by atoms with Crippen LogP contribution in [0.15, 0.2) is 53.5 Å². The zero-order valence-electron chi connectivity index (χ0n) is 19.2. The molecule has 0 aliphatic carbocycles. The molecule has 0 saturated carbocycles. The van der Waals surface area contributed by atoms with E-state index < -0.39 is 0 Å². The van der Waals surface area contributed by atoms with Gasteiger partial charge in [0.05, 0.1) is 13.2 Å². The third-order valence-corrected chi connectivity index (χ3v) is 4.82. The Balaban J connectivity index is 1.61. The number of methoxy groups -OCH3 is 1.